The number of anilines is 1. The van der Waals surface area contributed by atoms with Crippen molar-refractivity contribution in [3.63, 3.8) is 0 Å². The Kier molecular flexibility index (Phi) is 3.58. The summed E-state index contributed by atoms with van der Waals surface area (Å²) in [6.45, 7) is 2.58. The zero-order valence-corrected chi connectivity index (χ0v) is 11.8. The van der Waals surface area contributed by atoms with Crippen LogP contribution in [0, 0.1) is 5.41 Å². The van der Waals surface area contributed by atoms with E-state index in [4.69, 9.17) is 17.3 Å². The quantitative estimate of drug-likeness (QED) is 0.817. The van der Waals surface area contributed by atoms with E-state index in [9.17, 15) is 8.42 Å². The van der Waals surface area contributed by atoms with E-state index in [-0.39, 0.29) is 15.3 Å². The lowest BCUT2D eigenvalue weighted by molar-refractivity contribution is 0.475. The molecule has 0 bridgehead atoms. The van der Waals surface area contributed by atoms with Crippen molar-refractivity contribution in [2.24, 2.45) is 5.41 Å². The third-order valence-corrected chi connectivity index (χ3v) is 5.35. The van der Waals surface area contributed by atoms with Crippen LogP contribution in [0.3, 0.4) is 0 Å². The molecule has 0 aromatic heterocycles. The molecule has 1 saturated carbocycles. The van der Waals surface area contributed by atoms with Gasteiger partial charge in [-0.15, -0.1) is 0 Å². The van der Waals surface area contributed by atoms with Gasteiger partial charge in [-0.1, -0.05) is 18.5 Å². The molecular weight excluding hydrogens is 272 g/mol. The molecule has 0 aliphatic heterocycles. The summed E-state index contributed by atoms with van der Waals surface area (Å²) in [4.78, 5) is 0.161. The van der Waals surface area contributed by atoms with Crippen molar-refractivity contribution in [2.45, 2.75) is 31.1 Å². The van der Waals surface area contributed by atoms with Crippen LogP contribution in [0.25, 0.3) is 0 Å². The highest BCUT2D eigenvalue weighted by Crippen LogP contribution is 2.48. The van der Waals surface area contributed by atoms with Crippen LogP contribution in [0.2, 0.25) is 5.02 Å². The van der Waals surface area contributed by atoms with Gasteiger partial charge in [-0.05, 0) is 42.9 Å². The second-order valence-corrected chi connectivity index (χ2v) is 7.04. The molecule has 1 aromatic carbocycles. The number of nitrogens with one attached hydrogen (secondary N) is 1. The van der Waals surface area contributed by atoms with E-state index in [1.807, 2.05) is 0 Å². The summed E-state index contributed by atoms with van der Waals surface area (Å²) >= 11 is 5.83. The first-order chi connectivity index (χ1) is 8.38. The molecule has 1 aliphatic rings. The Hall–Kier alpha value is -0.780. The highest BCUT2D eigenvalue weighted by atomic mass is 35.5. The topological polar surface area (TPSA) is 72.2 Å². The molecule has 0 saturated heterocycles. The molecular formula is C12H17ClN2O2S. The number of benzene rings is 1. The average molecular weight is 289 g/mol. The summed E-state index contributed by atoms with van der Waals surface area (Å²) in [5.41, 5.74) is 6.11. The van der Waals surface area contributed by atoms with Crippen molar-refractivity contribution in [1.29, 1.82) is 0 Å². The van der Waals surface area contributed by atoms with Gasteiger partial charge in [0.1, 0.15) is 0 Å². The van der Waals surface area contributed by atoms with Gasteiger partial charge in [0.05, 0.1) is 15.6 Å². The van der Waals surface area contributed by atoms with E-state index in [0.29, 0.717) is 12.2 Å². The average Bonchev–Trinajstić information content (AvgIpc) is 3.11. The molecule has 3 N–H and O–H groups in total. The number of nitrogens with two attached hydrogens (primary N) is 1. The predicted molar refractivity (Wildman–Crippen MR) is 73.0 cm³/mol. The van der Waals surface area contributed by atoms with Crippen molar-refractivity contribution < 1.29 is 8.42 Å². The molecule has 0 spiro atoms. The smallest absolute Gasteiger partial charge is 0.240 e. The second kappa shape index (κ2) is 4.72. The number of halogens is 1. The first-order valence-corrected chi connectivity index (χ1v) is 7.79. The van der Waals surface area contributed by atoms with Crippen LogP contribution >= 0.6 is 11.6 Å². The zero-order valence-electron chi connectivity index (χ0n) is 10.2. The number of hydrogen-bond acceptors (Lipinski definition) is 3. The Bertz CT molecular complexity index is 553. The summed E-state index contributed by atoms with van der Waals surface area (Å²) in [6.07, 6.45) is 3.18. The molecule has 0 radical (unpaired) electrons. The van der Waals surface area contributed by atoms with Crippen LogP contribution in [-0.2, 0) is 10.0 Å². The molecule has 1 aromatic rings. The minimum absolute atomic E-state index is 0.161. The number of rotatable bonds is 5. The van der Waals surface area contributed by atoms with E-state index in [1.165, 1.54) is 18.2 Å². The first kappa shape index (κ1) is 13.6. The molecule has 1 aliphatic carbocycles. The minimum Gasteiger partial charge on any atom is -0.398 e. The lowest BCUT2D eigenvalue weighted by Gasteiger charge is -2.14. The fourth-order valence-electron chi connectivity index (χ4n) is 1.84. The Morgan fingerprint density at radius 1 is 1.44 bits per heavy atom. The van der Waals surface area contributed by atoms with Crippen molar-refractivity contribution in [3.05, 3.63) is 23.2 Å². The molecule has 0 unspecified atom stereocenters. The Morgan fingerprint density at radius 2 is 2.11 bits per heavy atom. The molecule has 0 heterocycles. The van der Waals surface area contributed by atoms with Crippen molar-refractivity contribution in [2.75, 3.05) is 12.3 Å². The predicted octanol–water partition coefficient (Wildman–Crippen LogP) is 2.39. The standard InChI is InChI=1S/C12H17ClN2O2S/c1-2-12(5-6-12)8-15-18(16,17)9-3-4-11(14)10(13)7-9/h3-4,7,15H,2,5-6,8,14H2,1H3. The Morgan fingerprint density at radius 3 is 2.61 bits per heavy atom. The van der Waals surface area contributed by atoms with Crippen LogP contribution in [-0.4, -0.2) is 15.0 Å². The first-order valence-electron chi connectivity index (χ1n) is 5.93. The summed E-state index contributed by atoms with van der Waals surface area (Å²) < 4.78 is 26.8. The van der Waals surface area contributed by atoms with E-state index < -0.39 is 10.0 Å². The molecule has 0 amide bonds. The fraction of sp³-hybridized carbons (Fsp3) is 0.500. The van der Waals surface area contributed by atoms with Gasteiger partial charge >= 0.3 is 0 Å². The highest BCUT2D eigenvalue weighted by Gasteiger charge is 2.41. The molecule has 100 valence electrons. The van der Waals surface area contributed by atoms with Gasteiger partial charge in [0.15, 0.2) is 0 Å². The summed E-state index contributed by atoms with van der Waals surface area (Å²) in [5.74, 6) is 0. The molecule has 6 heteroatoms. The van der Waals surface area contributed by atoms with Gasteiger partial charge in [0.2, 0.25) is 10.0 Å². The minimum atomic E-state index is -3.49. The summed E-state index contributed by atoms with van der Waals surface area (Å²) in [7, 11) is -3.49. The van der Waals surface area contributed by atoms with Crippen LogP contribution < -0.4 is 10.5 Å². The maximum Gasteiger partial charge on any atom is 0.240 e. The molecule has 4 nitrogen and oxygen atoms in total. The van der Waals surface area contributed by atoms with Gasteiger partial charge < -0.3 is 5.73 Å². The summed E-state index contributed by atoms with van der Waals surface area (Å²) in [6, 6.07) is 4.35. The van der Waals surface area contributed by atoms with Crippen LogP contribution in [0.4, 0.5) is 5.69 Å². The van der Waals surface area contributed by atoms with E-state index >= 15 is 0 Å². The molecule has 18 heavy (non-hydrogen) atoms. The van der Waals surface area contributed by atoms with Crippen molar-refractivity contribution in [3.8, 4) is 0 Å². The van der Waals surface area contributed by atoms with Gasteiger partial charge in [-0.2, -0.15) is 0 Å². The summed E-state index contributed by atoms with van der Waals surface area (Å²) in [5, 5.41) is 0.259. The van der Waals surface area contributed by atoms with Crippen molar-refractivity contribution >= 4 is 27.3 Å². The third kappa shape index (κ3) is 2.79. The second-order valence-electron chi connectivity index (χ2n) is 4.86. The largest absolute Gasteiger partial charge is 0.398 e. The molecule has 0 atom stereocenters. The zero-order chi connectivity index (χ0) is 13.4. The highest BCUT2D eigenvalue weighted by molar-refractivity contribution is 7.89. The maximum atomic E-state index is 12.1. The third-order valence-electron chi connectivity index (χ3n) is 3.63. The molecule has 2 rings (SSSR count). The van der Waals surface area contributed by atoms with E-state index in [0.717, 1.165) is 19.3 Å². The Balaban J connectivity index is 2.13. The van der Waals surface area contributed by atoms with Crippen LogP contribution in [0.5, 0.6) is 0 Å². The van der Waals surface area contributed by atoms with Crippen LogP contribution in [0.1, 0.15) is 26.2 Å². The molecule has 1 fully saturated rings. The monoisotopic (exact) mass is 288 g/mol. The Labute approximate surface area is 113 Å². The maximum absolute atomic E-state index is 12.1. The van der Waals surface area contributed by atoms with Gasteiger partial charge in [0.25, 0.3) is 0 Å². The van der Waals surface area contributed by atoms with E-state index in [2.05, 4.69) is 11.6 Å². The lowest BCUT2D eigenvalue weighted by atomic mass is 10.1. The van der Waals surface area contributed by atoms with E-state index in [1.54, 1.807) is 0 Å². The van der Waals surface area contributed by atoms with Gasteiger partial charge in [-0.25, -0.2) is 13.1 Å². The lowest BCUT2D eigenvalue weighted by Crippen LogP contribution is -2.30. The van der Waals surface area contributed by atoms with Gasteiger partial charge in [-0.3, -0.25) is 0 Å². The SMILES string of the molecule is CCC1(CNS(=O)(=O)c2ccc(N)c(Cl)c2)CC1. The fourth-order valence-corrected chi connectivity index (χ4v) is 3.27. The number of nitrogen functional groups attached to an aromatic ring is 1. The number of hydrogen-bond donors (Lipinski definition) is 2. The van der Waals surface area contributed by atoms with Crippen molar-refractivity contribution in [1.82, 2.24) is 4.72 Å². The van der Waals surface area contributed by atoms with Gasteiger partial charge in [0, 0.05) is 6.54 Å². The van der Waals surface area contributed by atoms with Crippen LogP contribution in [0.15, 0.2) is 23.1 Å². The number of sulfonamides is 1. The normalized spacial score (nSPS) is 17.7.